The van der Waals surface area contributed by atoms with Gasteiger partial charge in [0.15, 0.2) is 5.78 Å². The van der Waals surface area contributed by atoms with Crippen molar-refractivity contribution >= 4 is 23.4 Å². The molecule has 96 valence electrons. The minimum atomic E-state index is 0.0805. The number of nitrogens with zero attached hydrogens (tertiary/aromatic N) is 2. The van der Waals surface area contributed by atoms with E-state index < -0.39 is 0 Å². The number of rotatable bonds is 2. The quantitative estimate of drug-likeness (QED) is 0.789. The molecule has 1 aliphatic rings. The first-order valence-electron chi connectivity index (χ1n) is 5.97. The molecule has 4 nitrogen and oxygen atoms in total. The van der Waals surface area contributed by atoms with E-state index in [1.165, 1.54) is 11.5 Å². The van der Waals surface area contributed by atoms with Crippen LogP contribution in [0.2, 0.25) is 0 Å². The highest BCUT2D eigenvalue weighted by molar-refractivity contribution is 7.03. The van der Waals surface area contributed by atoms with Gasteiger partial charge < -0.3 is 4.74 Å². The molecule has 0 unspecified atom stereocenters. The number of fused-ring (bicyclic) bond motifs is 1. The number of methoxy groups -OCH3 is 1. The fraction of sp³-hybridized carbons (Fsp3) is 0.214. The number of aryl methyl sites for hydroxylation is 1. The summed E-state index contributed by atoms with van der Waals surface area (Å²) in [5, 5.41) is 5.79. The minimum absolute atomic E-state index is 0.0805. The minimum Gasteiger partial charge on any atom is -0.497 e. The standard InChI is InChI=1S/C14H12N2O2S/c1-18-12-4-5-13-9(7-12)2-3-10(14(13)17)6-11-8-19-16-15-11/h4-8H,2-3H2,1H3/b10-6+. The molecule has 0 radical (unpaired) electrons. The van der Waals surface area contributed by atoms with Crippen LogP contribution in [0, 0.1) is 0 Å². The number of hydrogen-bond donors (Lipinski definition) is 0. The molecule has 3 rings (SSSR count). The van der Waals surface area contributed by atoms with Crippen molar-refractivity contribution in [3.8, 4) is 5.75 Å². The Kier molecular flexibility index (Phi) is 3.13. The fourth-order valence-corrected chi connectivity index (χ4v) is 2.64. The zero-order valence-corrected chi connectivity index (χ0v) is 11.2. The third-order valence-electron chi connectivity index (χ3n) is 3.21. The molecule has 5 heteroatoms. The van der Waals surface area contributed by atoms with E-state index in [4.69, 9.17) is 4.74 Å². The number of Topliss-reactive ketones (excluding diaryl/α,β-unsaturated/α-hetero) is 1. The normalized spacial score (nSPS) is 16.5. The molecule has 1 aromatic carbocycles. The summed E-state index contributed by atoms with van der Waals surface area (Å²) in [6, 6.07) is 5.60. The van der Waals surface area contributed by atoms with Gasteiger partial charge in [0.2, 0.25) is 0 Å². The van der Waals surface area contributed by atoms with Gasteiger partial charge in [-0.25, -0.2) is 0 Å². The molecule has 2 aromatic rings. The largest absolute Gasteiger partial charge is 0.497 e. The van der Waals surface area contributed by atoms with Crippen molar-refractivity contribution in [2.24, 2.45) is 0 Å². The molecular weight excluding hydrogens is 260 g/mol. The monoisotopic (exact) mass is 272 g/mol. The summed E-state index contributed by atoms with van der Waals surface area (Å²) in [5.74, 6) is 0.875. The number of ether oxygens (including phenoxy) is 1. The first-order valence-corrected chi connectivity index (χ1v) is 6.81. The summed E-state index contributed by atoms with van der Waals surface area (Å²) < 4.78 is 8.98. The molecule has 0 bridgehead atoms. The molecule has 0 fully saturated rings. The number of carbonyl (C=O) groups excluding carboxylic acids is 1. The van der Waals surface area contributed by atoms with Gasteiger partial charge in [-0.1, -0.05) is 4.49 Å². The number of carbonyl (C=O) groups is 1. The Balaban J connectivity index is 1.96. The van der Waals surface area contributed by atoms with Crippen molar-refractivity contribution in [1.29, 1.82) is 0 Å². The van der Waals surface area contributed by atoms with Crippen LogP contribution in [-0.2, 0) is 6.42 Å². The number of allylic oxidation sites excluding steroid dienone is 1. The van der Waals surface area contributed by atoms with Crippen LogP contribution < -0.4 is 4.74 Å². The summed E-state index contributed by atoms with van der Waals surface area (Å²) in [4.78, 5) is 12.4. The van der Waals surface area contributed by atoms with Gasteiger partial charge >= 0.3 is 0 Å². The van der Waals surface area contributed by atoms with Gasteiger partial charge in [-0.05, 0) is 54.2 Å². The van der Waals surface area contributed by atoms with Gasteiger partial charge in [-0.2, -0.15) is 0 Å². The first-order chi connectivity index (χ1) is 9.28. The number of aromatic nitrogens is 2. The summed E-state index contributed by atoms with van der Waals surface area (Å²) in [6.07, 6.45) is 3.41. The maximum atomic E-state index is 12.4. The Morgan fingerprint density at radius 1 is 1.37 bits per heavy atom. The predicted octanol–water partition coefficient (Wildman–Crippen LogP) is 2.76. The number of benzene rings is 1. The first kappa shape index (κ1) is 12.0. The van der Waals surface area contributed by atoms with Crippen molar-refractivity contribution in [2.45, 2.75) is 12.8 Å². The van der Waals surface area contributed by atoms with Crippen LogP contribution in [0.5, 0.6) is 5.75 Å². The fourth-order valence-electron chi connectivity index (χ4n) is 2.23. The lowest BCUT2D eigenvalue weighted by Crippen LogP contribution is -2.14. The molecule has 0 saturated carbocycles. The maximum absolute atomic E-state index is 12.4. The molecule has 0 atom stereocenters. The van der Waals surface area contributed by atoms with Gasteiger partial charge in [0.1, 0.15) is 5.75 Å². The lowest BCUT2D eigenvalue weighted by Gasteiger charge is -2.17. The Morgan fingerprint density at radius 3 is 3.00 bits per heavy atom. The Morgan fingerprint density at radius 2 is 2.26 bits per heavy atom. The number of ketones is 1. The third kappa shape index (κ3) is 2.29. The van der Waals surface area contributed by atoms with Crippen LogP contribution in [0.4, 0.5) is 0 Å². The van der Waals surface area contributed by atoms with E-state index in [9.17, 15) is 4.79 Å². The summed E-state index contributed by atoms with van der Waals surface area (Å²) >= 11 is 1.29. The molecule has 0 aliphatic heterocycles. The van der Waals surface area contributed by atoms with Gasteiger partial charge in [0.25, 0.3) is 0 Å². The number of hydrogen-bond acceptors (Lipinski definition) is 5. The van der Waals surface area contributed by atoms with Crippen LogP contribution >= 0.6 is 11.5 Å². The Hall–Kier alpha value is -2.01. The van der Waals surface area contributed by atoms with Crippen molar-refractivity contribution in [3.05, 3.63) is 46.0 Å². The molecule has 0 amide bonds. The van der Waals surface area contributed by atoms with Crippen LogP contribution in [-0.4, -0.2) is 22.5 Å². The van der Waals surface area contributed by atoms with E-state index in [0.29, 0.717) is 0 Å². The van der Waals surface area contributed by atoms with Crippen molar-refractivity contribution in [2.75, 3.05) is 7.11 Å². The highest BCUT2D eigenvalue weighted by Gasteiger charge is 2.22. The summed E-state index contributed by atoms with van der Waals surface area (Å²) in [5.41, 5.74) is 3.37. The van der Waals surface area contributed by atoms with E-state index >= 15 is 0 Å². The zero-order chi connectivity index (χ0) is 13.2. The highest BCUT2D eigenvalue weighted by Crippen LogP contribution is 2.29. The van der Waals surface area contributed by atoms with E-state index in [1.807, 2.05) is 29.7 Å². The molecule has 0 spiro atoms. The van der Waals surface area contributed by atoms with E-state index in [2.05, 4.69) is 9.59 Å². The zero-order valence-electron chi connectivity index (χ0n) is 10.4. The molecular formula is C14H12N2O2S. The lowest BCUT2D eigenvalue weighted by molar-refractivity contribution is 0.102. The second-order valence-electron chi connectivity index (χ2n) is 4.35. The molecule has 1 heterocycles. The van der Waals surface area contributed by atoms with E-state index in [-0.39, 0.29) is 5.78 Å². The predicted molar refractivity (Wildman–Crippen MR) is 73.5 cm³/mol. The SMILES string of the molecule is COc1ccc2c(c1)CC/C(=C\c1csnn1)C2=O. The smallest absolute Gasteiger partial charge is 0.189 e. The second kappa shape index (κ2) is 4.93. The van der Waals surface area contributed by atoms with Crippen LogP contribution in [0.1, 0.15) is 28.0 Å². The van der Waals surface area contributed by atoms with Crippen LogP contribution in [0.25, 0.3) is 6.08 Å². The van der Waals surface area contributed by atoms with Crippen molar-refractivity contribution in [1.82, 2.24) is 9.59 Å². The van der Waals surface area contributed by atoms with Crippen molar-refractivity contribution < 1.29 is 9.53 Å². The maximum Gasteiger partial charge on any atom is 0.189 e. The van der Waals surface area contributed by atoms with Gasteiger partial charge in [0.05, 0.1) is 12.8 Å². The van der Waals surface area contributed by atoms with Gasteiger partial charge in [-0.15, -0.1) is 5.10 Å². The third-order valence-corrected chi connectivity index (χ3v) is 3.73. The van der Waals surface area contributed by atoms with E-state index in [0.717, 1.165) is 41.0 Å². The van der Waals surface area contributed by atoms with E-state index in [1.54, 1.807) is 7.11 Å². The van der Waals surface area contributed by atoms with Crippen LogP contribution in [0.3, 0.4) is 0 Å². The Labute approximate surface area is 114 Å². The average molecular weight is 272 g/mol. The Bertz CT molecular complexity index is 647. The topological polar surface area (TPSA) is 52.1 Å². The van der Waals surface area contributed by atoms with Crippen molar-refractivity contribution in [3.63, 3.8) is 0 Å². The molecule has 0 saturated heterocycles. The van der Waals surface area contributed by atoms with Gasteiger partial charge in [-0.3, -0.25) is 4.79 Å². The second-order valence-corrected chi connectivity index (χ2v) is 4.96. The average Bonchev–Trinajstić information content (AvgIpc) is 2.94. The molecule has 19 heavy (non-hydrogen) atoms. The van der Waals surface area contributed by atoms with Gasteiger partial charge in [0, 0.05) is 16.5 Å². The molecule has 0 N–H and O–H groups in total. The molecule has 1 aromatic heterocycles. The molecule has 1 aliphatic carbocycles. The highest BCUT2D eigenvalue weighted by atomic mass is 32.1. The summed E-state index contributed by atoms with van der Waals surface area (Å²) in [7, 11) is 1.63. The summed E-state index contributed by atoms with van der Waals surface area (Å²) in [6.45, 7) is 0. The lowest BCUT2D eigenvalue weighted by atomic mass is 9.86. The van der Waals surface area contributed by atoms with Crippen LogP contribution in [0.15, 0.2) is 29.2 Å².